The van der Waals surface area contributed by atoms with Crippen LogP contribution in [-0.4, -0.2) is 22.8 Å². The number of carbonyl (C=O) groups excluding carboxylic acids is 2. The Kier molecular flexibility index (Phi) is 6.26. The molecule has 0 saturated heterocycles. The molecule has 0 radical (unpaired) electrons. The fraction of sp³-hybridized carbons (Fsp3) is 0.286. The maximum Gasteiger partial charge on any atom is 0.242 e. The number of carbonyl (C=O) groups is 2. The second kappa shape index (κ2) is 8.84. The summed E-state index contributed by atoms with van der Waals surface area (Å²) in [5.41, 5.74) is 2.99. The summed E-state index contributed by atoms with van der Waals surface area (Å²) in [4.78, 5) is 30.1. The highest BCUT2D eigenvalue weighted by Gasteiger charge is 2.19. The molecule has 1 aromatic carbocycles. The molecule has 1 atom stereocenters. The van der Waals surface area contributed by atoms with Crippen LogP contribution >= 0.6 is 11.3 Å². The molecule has 0 aliphatic carbocycles. The lowest BCUT2D eigenvalue weighted by Gasteiger charge is -2.13. The van der Waals surface area contributed by atoms with E-state index < -0.39 is 6.04 Å². The summed E-state index contributed by atoms with van der Waals surface area (Å²) < 4.78 is 5.18. The number of furan rings is 1. The summed E-state index contributed by atoms with van der Waals surface area (Å²) in [6, 6.07) is 11.0. The van der Waals surface area contributed by atoms with E-state index in [2.05, 4.69) is 15.6 Å². The number of hydrogen-bond acceptors (Lipinski definition) is 5. The van der Waals surface area contributed by atoms with Gasteiger partial charge in [-0.2, -0.15) is 0 Å². The monoisotopic (exact) mass is 397 g/mol. The summed E-state index contributed by atoms with van der Waals surface area (Å²) in [6.45, 7) is 5.91. The van der Waals surface area contributed by atoms with Gasteiger partial charge in [0.05, 0.1) is 29.9 Å². The van der Waals surface area contributed by atoms with Crippen molar-refractivity contribution in [1.82, 2.24) is 15.6 Å². The van der Waals surface area contributed by atoms with Gasteiger partial charge in [0.1, 0.15) is 11.8 Å². The standard InChI is InChI=1S/C21H23N3O3S/c1-13-6-8-16(9-7-13)20-18(28-15(3)24-20)11-19(25)23-14(2)21(26)22-12-17-5-4-10-27-17/h4-10,14H,11-12H2,1-3H3,(H,22,26)(H,23,25). The number of thiazole rings is 1. The van der Waals surface area contributed by atoms with Crippen molar-refractivity contribution in [3.05, 3.63) is 63.9 Å². The van der Waals surface area contributed by atoms with Gasteiger partial charge in [0.25, 0.3) is 0 Å². The summed E-state index contributed by atoms with van der Waals surface area (Å²) in [5.74, 6) is 0.191. The zero-order valence-corrected chi connectivity index (χ0v) is 16.9. The highest BCUT2D eigenvalue weighted by atomic mass is 32.1. The Morgan fingerprint density at radius 2 is 1.93 bits per heavy atom. The Hall–Kier alpha value is -2.93. The average Bonchev–Trinajstić information content (AvgIpc) is 3.30. The molecule has 2 N–H and O–H groups in total. The molecule has 2 aromatic heterocycles. The molecule has 1 unspecified atom stereocenters. The fourth-order valence-corrected chi connectivity index (χ4v) is 3.73. The quantitative estimate of drug-likeness (QED) is 0.640. The van der Waals surface area contributed by atoms with Gasteiger partial charge in [-0.05, 0) is 32.9 Å². The molecule has 0 spiro atoms. The Morgan fingerprint density at radius 3 is 2.61 bits per heavy atom. The van der Waals surface area contributed by atoms with E-state index >= 15 is 0 Å². The van der Waals surface area contributed by atoms with Gasteiger partial charge in [-0.15, -0.1) is 11.3 Å². The van der Waals surface area contributed by atoms with Gasteiger partial charge >= 0.3 is 0 Å². The highest BCUT2D eigenvalue weighted by Crippen LogP contribution is 2.28. The zero-order valence-electron chi connectivity index (χ0n) is 16.1. The van der Waals surface area contributed by atoms with Crippen LogP contribution < -0.4 is 10.6 Å². The topological polar surface area (TPSA) is 84.2 Å². The van der Waals surface area contributed by atoms with Crippen LogP contribution in [-0.2, 0) is 22.6 Å². The molecule has 28 heavy (non-hydrogen) atoms. The number of benzene rings is 1. The molecule has 2 heterocycles. The zero-order chi connectivity index (χ0) is 20.1. The van der Waals surface area contributed by atoms with Crippen molar-refractivity contribution in [2.45, 2.75) is 39.8 Å². The largest absolute Gasteiger partial charge is 0.467 e. The van der Waals surface area contributed by atoms with Crippen molar-refractivity contribution in [1.29, 1.82) is 0 Å². The number of rotatable bonds is 7. The fourth-order valence-electron chi connectivity index (χ4n) is 2.77. The van der Waals surface area contributed by atoms with Crippen molar-refractivity contribution < 1.29 is 14.0 Å². The molecule has 2 amide bonds. The van der Waals surface area contributed by atoms with Crippen molar-refractivity contribution in [2.24, 2.45) is 0 Å². The van der Waals surface area contributed by atoms with Crippen LogP contribution in [0.25, 0.3) is 11.3 Å². The maximum atomic E-state index is 12.5. The number of aromatic nitrogens is 1. The van der Waals surface area contributed by atoms with Gasteiger partial charge in [-0.25, -0.2) is 4.98 Å². The molecule has 0 saturated carbocycles. The van der Waals surface area contributed by atoms with E-state index in [1.807, 2.05) is 38.1 Å². The Balaban J connectivity index is 1.60. The molecule has 6 nitrogen and oxygen atoms in total. The molecule has 0 aliphatic heterocycles. The molecule has 3 rings (SSSR count). The van der Waals surface area contributed by atoms with Gasteiger partial charge < -0.3 is 15.1 Å². The predicted octanol–water partition coefficient (Wildman–Crippen LogP) is 3.38. The first-order valence-electron chi connectivity index (χ1n) is 9.05. The number of nitrogens with one attached hydrogen (secondary N) is 2. The smallest absolute Gasteiger partial charge is 0.242 e. The SMILES string of the molecule is Cc1ccc(-c2nc(C)sc2CC(=O)NC(C)C(=O)NCc2ccco2)cc1. The van der Waals surface area contributed by atoms with Crippen LogP contribution in [0.15, 0.2) is 47.1 Å². The number of amides is 2. The second-order valence-electron chi connectivity index (χ2n) is 6.63. The summed E-state index contributed by atoms with van der Waals surface area (Å²) in [5, 5.41) is 6.40. The van der Waals surface area contributed by atoms with Crippen LogP contribution in [0.2, 0.25) is 0 Å². The Labute approximate surface area is 168 Å². The number of nitrogens with zero attached hydrogens (tertiary/aromatic N) is 1. The third-order valence-corrected chi connectivity index (χ3v) is 5.21. The minimum Gasteiger partial charge on any atom is -0.467 e. The van der Waals surface area contributed by atoms with E-state index in [-0.39, 0.29) is 24.8 Å². The van der Waals surface area contributed by atoms with E-state index in [1.165, 1.54) is 16.9 Å². The minimum atomic E-state index is -0.640. The second-order valence-corrected chi connectivity index (χ2v) is 7.92. The lowest BCUT2D eigenvalue weighted by atomic mass is 10.1. The summed E-state index contributed by atoms with van der Waals surface area (Å²) in [7, 11) is 0. The molecule has 146 valence electrons. The van der Waals surface area contributed by atoms with Crippen molar-refractivity contribution in [2.75, 3.05) is 0 Å². The van der Waals surface area contributed by atoms with Crippen LogP contribution in [0.3, 0.4) is 0 Å². The Bertz CT molecular complexity index is 946. The van der Waals surface area contributed by atoms with Gasteiger partial charge in [0, 0.05) is 10.4 Å². The van der Waals surface area contributed by atoms with Crippen LogP contribution in [0.4, 0.5) is 0 Å². The first-order valence-corrected chi connectivity index (χ1v) is 9.87. The van der Waals surface area contributed by atoms with Crippen LogP contribution in [0, 0.1) is 13.8 Å². The molecule has 0 bridgehead atoms. The number of aryl methyl sites for hydroxylation is 2. The predicted molar refractivity (Wildman–Crippen MR) is 109 cm³/mol. The molecule has 0 aliphatic rings. The van der Waals surface area contributed by atoms with Crippen molar-refractivity contribution in [3.63, 3.8) is 0 Å². The van der Waals surface area contributed by atoms with E-state index in [4.69, 9.17) is 4.42 Å². The first kappa shape index (κ1) is 19.8. The molecular weight excluding hydrogens is 374 g/mol. The summed E-state index contributed by atoms with van der Waals surface area (Å²) in [6.07, 6.45) is 1.74. The third kappa shape index (κ3) is 5.07. The summed E-state index contributed by atoms with van der Waals surface area (Å²) >= 11 is 1.50. The number of hydrogen-bond donors (Lipinski definition) is 2. The van der Waals surface area contributed by atoms with Crippen molar-refractivity contribution in [3.8, 4) is 11.3 Å². The molecule has 0 fully saturated rings. The molecular formula is C21H23N3O3S. The van der Waals surface area contributed by atoms with Gasteiger partial charge in [0.2, 0.25) is 11.8 Å². The molecule has 7 heteroatoms. The Morgan fingerprint density at radius 1 is 1.18 bits per heavy atom. The van der Waals surface area contributed by atoms with E-state index in [0.717, 1.165) is 21.1 Å². The minimum absolute atomic E-state index is 0.185. The highest BCUT2D eigenvalue weighted by molar-refractivity contribution is 7.12. The van der Waals surface area contributed by atoms with Gasteiger partial charge in [-0.1, -0.05) is 29.8 Å². The lowest BCUT2D eigenvalue weighted by Crippen LogP contribution is -2.45. The lowest BCUT2D eigenvalue weighted by molar-refractivity contribution is -0.128. The normalized spacial score (nSPS) is 11.8. The van der Waals surface area contributed by atoms with Crippen LogP contribution in [0.1, 0.15) is 28.1 Å². The van der Waals surface area contributed by atoms with Gasteiger partial charge in [-0.3, -0.25) is 9.59 Å². The van der Waals surface area contributed by atoms with Crippen molar-refractivity contribution >= 4 is 23.2 Å². The average molecular weight is 398 g/mol. The molecule has 3 aromatic rings. The van der Waals surface area contributed by atoms with E-state index in [0.29, 0.717) is 5.76 Å². The van der Waals surface area contributed by atoms with E-state index in [9.17, 15) is 9.59 Å². The first-order chi connectivity index (χ1) is 13.4. The third-order valence-electron chi connectivity index (χ3n) is 4.24. The van der Waals surface area contributed by atoms with Gasteiger partial charge in [0.15, 0.2) is 0 Å². The van der Waals surface area contributed by atoms with Crippen LogP contribution in [0.5, 0.6) is 0 Å². The van der Waals surface area contributed by atoms with E-state index in [1.54, 1.807) is 25.3 Å². The maximum absolute atomic E-state index is 12.5.